The van der Waals surface area contributed by atoms with Crippen molar-refractivity contribution in [2.24, 2.45) is 0 Å². The molecule has 1 fully saturated rings. The second-order valence-corrected chi connectivity index (χ2v) is 4.42. The molecule has 1 aromatic rings. The van der Waals surface area contributed by atoms with Crippen LogP contribution in [0.15, 0.2) is 12.1 Å². The third kappa shape index (κ3) is 2.42. The van der Waals surface area contributed by atoms with Crippen LogP contribution in [0.1, 0.15) is 28.8 Å². The zero-order valence-corrected chi connectivity index (χ0v) is 10.0. The van der Waals surface area contributed by atoms with Crippen molar-refractivity contribution >= 4 is 6.29 Å². The van der Waals surface area contributed by atoms with E-state index in [0.717, 1.165) is 24.7 Å². The van der Waals surface area contributed by atoms with Gasteiger partial charge in [0.1, 0.15) is 6.29 Å². The van der Waals surface area contributed by atoms with Crippen LogP contribution in [0.3, 0.4) is 0 Å². The molecule has 1 N–H and O–H groups in total. The minimum atomic E-state index is -0.628. The lowest BCUT2D eigenvalue weighted by molar-refractivity contribution is 0.112. The maximum absolute atomic E-state index is 11.0. The van der Waals surface area contributed by atoms with Crippen LogP contribution in [0.4, 0.5) is 0 Å². The van der Waals surface area contributed by atoms with E-state index in [1.165, 1.54) is 7.11 Å². The molecule has 4 heteroatoms. The van der Waals surface area contributed by atoms with Crippen molar-refractivity contribution in [3.8, 4) is 11.5 Å². The van der Waals surface area contributed by atoms with Gasteiger partial charge in [-0.25, -0.2) is 0 Å². The van der Waals surface area contributed by atoms with Crippen molar-refractivity contribution in [3.05, 3.63) is 23.3 Å². The van der Waals surface area contributed by atoms with Crippen LogP contribution in [0.25, 0.3) is 0 Å². The number of ether oxygens (including phenoxy) is 2. The molecule has 17 heavy (non-hydrogen) atoms. The Morgan fingerprint density at radius 2 is 1.88 bits per heavy atom. The Kier molecular flexibility index (Phi) is 3.07. The van der Waals surface area contributed by atoms with E-state index in [-0.39, 0.29) is 0 Å². The first-order valence-corrected chi connectivity index (χ1v) is 5.54. The van der Waals surface area contributed by atoms with Crippen molar-refractivity contribution in [1.29, 1.82) is 0 Å². The van der Waals surface area contributed by atoms with Crippen LogP contribution in [0, 0.1) is 0 Å². The summed E-state index contributed by atoms with van der Waals surface area (Å²) in [6.45, 7) is 0. The molecule has 0 saturated heterocycles. The first-order valence-electron chi connectivity index (χ1n) is 5.54. The molecule has 92 valence electrons. The van der Waals surface area contributed by atoms with E-state index >= 15 is 0 Å². The van der Waals surface area contributed by atoms with Crippen LogP contribution < -0.4 is 9.47 Å². The third-order valence-corrected chi connectivity index (χ3v) is 3.12. The van der Waals surface area contributed by atoms with E-state index in [2.05, 4.69) is 0 Å². The maximum Gasteiger partial charge on any atom is 0.161 e. The van der Waals surface area contributed by atoms with E-state index in [1.54, 1.807) is 19.2 Å². The SMILES string of the molecule is COc1cc(C=O)c(CC2(O)CC2)cc1OC. The van der Waals surface area contributed by atoms with Gasteiger partial charge in [-0.1, -0.05) is 0 Å². The molecule has 0 amide bonds. The minimum Gasteiger partial charge on any atom is -0.493 e. The Balaban J connectivity index is 2.38. The van der Waals surface area contributed by atoms with Gasteiger partial charge < -0.3 is 14.6 Å². The van der Waals surface area contributed by atoms with Gasteiger partial charge in [0.2, 0.25) is 0 Å². The summed E-state index contributed by atoms with van der Waals surface area (Å²) in [7, 11) is 3.08. The van der Waals surface area contributed by atoms with Gasteiger partial charge in [-0.15, -0.1) is 0 Å². The molecule has 0 spiro atoms. The van der Waals surface area contributed by atoms with E-state index in [1.807, 2.05) is 0 Å². The Morgan fingerprint density at radius 3 is 2.35 bits per heavy atom. The van der Waals surface area contributed by atoms with Crippen molar-refractivity contribution in [1.82, 2.24) is 0 Å². The fourth-order valence-electron chi connectivity index (χ4n) is 1.88. The predicted molar refractivity (Wildman–Crippen MR) is 62.8 cm³/mol. The molecule has 1 aromatic carbocycles. The molecule has 1 aliphatic rings. The fraction of sp³-hybridized carbons (Fsp3) is 0.462. The third-order valence-electron chi connectivity index (χ3n) is 3.12. The molecule has 0 aromatic heterocycles. The molecule has 1 saturated carbocycles. The van der Waals surface area contributed by atoms with Gasteiger partial charge >= 0.3 is 0 Å². The van der Waals surface area contributed by atoms with Crippen LogP contribution in [0.2, 0.25) is 0 Å². The molecular weight excluding hydrogens is 220 g/mol. The summed E-state index contributed by atoms with van der Waals surface area (Å²) >= 11 is 0. The lowest BCUT2D eigenvalue weighted by Gasteiger charge is -2.14. The van der Waals surface area contributed by atoms with E-state index in [4.69, 9.17) is 9.47 Å². The zero-order valence-electron chi connectivity index (χ0n) is 10.0. The van der Waals surface area contributed by atoms with Gasteiger partial charge in [0.15, 0.2) is 11.5 Å². The lowest BCUT2D eigenvalue weighted by Crippen LogP contribution is -2.12. The summed E-state index contributed by atoms with van der Waals surface area (Å²) in [5, 5.41) is 9.90. The van der Waals surface area contributed by atoms with Gasteiger partial charge in [-0.05, 0) is 30.5 Å². The molecule has 0 unspecified atom stereocenters. The van der Waals surface area contributed by atoms with Gasteiger partial charge in [0.25, 0.3) is 0 Å². The first kappa shape index (κ1) is 11.9. The fourth-order valence-corrected chi connectivity index (χ4v) is 1.88. The summed E-state index contributed by atoms with van der Waals surface area (Å²) < 4.78 is 10.3. The number of aliphatic hydroxyl groups is 1. The Bertz CT molecular complexity index is 435. The highest BCUT2D eigenvalue weighted by molar-refractivity contribution is 5.79. The van der Waals surface area contributed by atoms with Crippen molar-refractivity contribution in [3.63, 3.8) is 0 Å². The molecule has 0 radical (unpaired) electrons. The van der Waals surface area contributed by atoms with Gasteiger partial charge in [0.05, 0.1) is 19.8 Å². The maximum atomic E-state index is 11.0. The smallest absolute Gasteiger partial charge is 0.161 e. The Morgan fingerprint density at radius 1 is 1.29 bits per heavy atom. The molecule has 4 nitrogen and oxygen atoms in total. The van der Waals surface area contributed by atoms with E-state index in [0.29, 0.717) is 23.5 Å². The van der Waals surface area contributed by atoms with Crippen LogP contribution in [-0.2, 0) is 6.42 Å². The molecule has 0 bridgehead atoms. The van der Waals surface area contributed by atoms with Crippen molar-refractivity contribution < 1.29 is 19.4 Å². The standard InChI is InChI=1S/C13H16O4/c1-16-11-5-9(7-13(15)3-4-13)10(8-14)6-12(11)17-2/h5-6,8,15H,3-4,7H2,1-2H3. The number of aldehydes is 1. The van der Waals surface area contributed by atoms with Crippen molar-refractivity contribution in [2.75, 3.05) is 14.2 Å². The quantitative estimate of drug-likeness (QED) is 0.789. The number of hydrogen-bond acceptors (Lipinski definition) is 4. The highest BCUT2D eigenvalue weighted by atomic mass is 16.5. The molecule has 0 atom stereocenters. The van der Waals surface area contributed by atoms with Crippen molar-refractivity contribution in [2.45, 2.75) is 24.9 Å². The highest BCUT2D eigenvalue weighted by Crippen LogP contribution is 2.40. The van der Waals surface area contributed by atoms with Crippen LogP contribution >= 0.6 is 0 Å². The number of rotatable bonds is 5. The summed E-state index contributed by atoms with van der Waals surface area (Å²) in [5.41, 5.74) is 0.720. The zero-order chi connectivity index (χ0) is 12.5. The first-order chi connectivity index (χ1) is 8.11. The predicted octanol–water partition coefficient (Wildman–Crippen LogP) is 1.58. The number of methoxy groups -OCH3 is 2. The summed E-state index contributed by atoms with van der Waals surface area (Å²) in [5.74, 6) is 1.11. The Labute approximate surface area is 100 Å². The molecule has 0 aliphatic heterocycles. The number of benzene rings is 1. The average molecular weight is 236 g/mol. The van der Waals surface area contributed by atoms with Crippen LogP contribution in [0.5, 0.6) is 11.5 Å². The molecule has 2 rings (SSSR count). The molecule has 0 heterocycles. The van der Waals surface area contributed by atoms with E-state index < -0.39 is 5.60 Å². The average Bonchev–Trinajstić information content (AvgIpc) is 3.06. The summed E-state index contributed by atoms with van der Waals surface area (Å²) in [6.07, 6.45) is 2.85. The molecule has 1 aliphatic carbocycles. The monoisotopic (exact) mass is 236 g/mol. The van der Waals surface area contributed by atoms with E-state index in [9.17, 15) is 9.90 Å². The summed E-state index contributed by atoms with van der Waals surface area (Å²) in [4.78, 5) is 11.0. The lowest BCUT2D eigenvalue weighted by atomic mass is 10.00. The number of carbonyl (C=O) groups excluding carboxylic acids is 1. The second-order valence-electron chi connectivity index (χ2n) is 4.42. The highest BCUT2D eigenvalue weighted by Gasteiger charge is 2.40. The Hall–Kier alpha value is -1.55. The normalized spacial score (nSPS) is 16.4. The van der Waals surface area contributed by atoms with Gasteiger partial charge in [-0.3, -0.25) is 4.79 Å². The van der Waals surface area contributed by atoms with Gasteiger partial charge in [-0.2, -0.15) is 0 Å². The van der Waals surface area contributed by atoms with Gasteiger partial charge in [0, 0.05) is 12.0 Å². The minimum absolute atomic E-state index is 0.488. The number of carbonyl (C=O) groups is 1. The molecular formula is C13H16O4. The topological polar surface area (TPSA) is 55.8 Å². The second kappa shape index (κ2) is 4.37. The summed E-state index contributed by atoms with van der Waals surface area (Å²) in [6, 6.07) is 3.41. The largest absolute Gasteiger partial charge is 0.493 e. The number of hydrogen-bond donors (Lipinski definition) is 1. The van der Waals surface area contributed by atoms with Crippen LogP contribution in [-0.4, -0.2) is 31.2 Å².